The van der Waals surface area contributed by atoms with Crippen molar-refractivity contribution in [2.24, 2.45) is 0 Å². The molecule has 1 fully saturated rings. The molecule has 0 radical (unpaired) electrons. The van der Waals surface area contributed by atoms with Crippen LogP contribution in [0.4, 0.5) is 5.82 Å². The number of aromatic nitrogens is 2. The minimum Gasteiger partial charge on any atom is -0.394 e. The van der Waals surface area contributed by atoms with Gasteiger partial charge < -0.3 is 40.8 Å². The number of phosphoric ester groups is 1. The number of nitrogens with zero attached hydrogens (tertiary/aromatic N) is 1. The van der Waals surface area contributed by atoms with Gasteiger partial charge in [-0.15, -0.1) is 0 Å². The highest BCUT2D eigenvalue weighted by Gasteiger charge is 2.49. The normalized spacial score (nSPS) is 27.2. The zero-order valence-corrected chi connectivity index (χ0v) is 12.9. The molecule has 1 saturated heterocycles. The average Bonchev–Trinajstić information content (AvgIpc) is 3.03. The fraction of sp³-hybridized carbons (Fsp3) is 0.500. The first-order valence-corrected chi connectivity index (χ1v) is 8.04. The van der Waals surface area contributed by atoms with E-state index in [1.165, 1.54) is 6.20 Å². The summed E-state index contributed by atoms with van der Waals surface area (Å²) >= 11 is 0. The van der Waals surface area contributed by atoms with Crippen LogP contribution in [0.15, 0.2) is 6.20 Å². The number of rotatable bonds is 5. The molecule has 0 spiro atoms. The molecule has 1 aliphatic heterocycles. The average molecular weight is 365 g/mol. The van der Waals surface area contributed by atoms with E-state index >= 15 is 0 Å². The highest BCUT2D eigenvalue weighted by Crippen LogP contribution is 2.41. The maximum absolute atomic E-state index is 11.9. The van der Waals surface area contributed by atoms with Crippen molar-refractivity contribution >= 4 is 25.4 Å². The molecule has 0 bridgehead atoms. The number of ether oxygens (including phenoxy) is 1. The molecule has 0 aromatic carbocycles. The minimum atomic E-state index is -5.02. The maximum Gasteiger partial charge on any atom is 0.470 e. The predicted octanol–water partition coefficient (Wildman–Crippen LogP) is -2.70. The van der Waals surface area contributed by atoms with E-state index < -0.39 is 50.6 Å². The number of nitrogen functional groups attached to an aromatic ring is 1. The molecular weight excluding hydrogens is 349 g/mol. The van der Waals surface area contributed by atoms with Crippen LogP contribution in [-0.4, -0.2) is 72.7 Å². The van der Waals surface area contributed by atoms with Gasteiger partial charge in [-0.25, -0.2) is 9.55 Å². The van der Waals surface area contributed by atoms with E-state index in [0.29, 0.717) is 0 Å². The van der Waals surface area contributed by atoms with Gasteiger partial charge in [-0.1, -0.05) is 0 Å². The zero-order valence-electron chi connectivity index (χ0n) is 12.0. The molecule has 24 heavy (non-hydrogen) atoms. The van der Waals surface area contributed by atoms with Gasteiger partial charge in [-0.2, -0.15) is 0 Å². The summed E-state index contributed by atoms with van der Waals surface area (Å²) in [5.41, 5.74) is 5.37. The van der Waals surface area contributed by atoms with Crippen molar-refractivity contribution in [3.8, 4) is 0 Å². The number of nitrogens with one attached hydrogen (secondary N) is 3. The number of aliphatic hydroxyl groups is 2. The highest BCUT2D eigenvalue weighted by atomic mass is 31.2. The van der Waals surface area contributed by atoms with Crippen LogP contribution in [0.25, 0.3) is 0 Å². The quantitative estimate of drug-likeness (QED) is 0.153. The van der Waals surface area contributed by atoms with Crippen molar-refractivity contribution < 1.29 is 38.6 Å². The van der Waals surface area contributed by atoms with Gasteiger partial charge in [0.15, 0.2) is 5.82 Å². The number of aliphatic hydroxyl groups excluding tert-OH is 2. The molecule has 1 aliphatic rings. The number of hydrogen-bond acceptors (Lipinski definition) is 9. The number of phosphoric acid groups is 1. The van der Waals surface area contributed by atoms with Gasteiger partial charge >= 0.3 is 7.82 Å². The van der Waals surface area contributed by atoms with Crippen LogP contribution in [0, 0.1) is 5.41 Å². The number of carbonyl (C=O) groups excluding carboxylic acids is 1. The zero-order chi connectivity index (χ0) is 18.1. The van der Waals surface area contributed by atoms with Crippen LogP contribution in [0.5, 0.6) is 0 Å². The summed E-state index contributed by atoms with van der Waals surface area (Å²) in [5.74, 6) is -1.61. The number of hydrogen-bond donors (Lipinski definition) is 8. The van der Waals surface area contributed by atoms with Crippen molar-refractivity contribution in [1.29, 1.82) is 5.41 Å². The monoisotopic (exact) mass is 365 g/mol. The van der Waals surface area contributed by atoms with Crippen LogP contribution in [0.1, 0.15) is 10.6 Å². The first kappa shape index (κ1) is 18.5. The van der Waals surface area contributed by atoms with Gasteiger partial charge in [0.2, 0.25) is 0 Å². The lowest BCUT2D eigenvalue weighted by atomic mass is 10.1. The Kier molecular flexibility index (Phi) is 5.35. The second kappa shape index (κ2) is 6.94. The number of amidine groups is 1. The third kappa shape index (κ3) is 4.15. The molecule has 1 aromatic rings. The Bertz CT molecular complexity index is 674. The summed E-state index contributed by atoms with van der Waals surface area (Å²) in [5, 5.41) is 28.9. The number of H-pyrrole nitrogens is 1. The number of aromatic amines is 1. The molecule has 0 saturated carbocycles. The Balaban J connectivity index is 2.13. The van der Waals surface area contributed by atoms with E-state index in [9.17, 15) is 14.5 Å². The molecule has 1 amide bonds. The van der Waals surface area contributed by atoms with E-state index in [2.05, 4.69) is 19.8 Å². The highest BCUT2D eigenvalue weighted by molar-refractivity contribution is 7.46. The maximum atomic E-state index is 11.9. The Morgan fingerprint density at radius 1 is 1.58 bits per heavy atom. The van der Waals surface area contributed by atoms with Gasteiger partial charge in [0.1, 0.15) is 36.1 Å². The molecule has 14 heteroatoms. The Hall–Kier alpha value is -1.86. The molecule has 9 N–H and O–H groups in total. The predicted molar refractivity (Wildman–Crippen MR) is 76.9 cm³/mol. The number of nitrogens with two attached hydrogens (primary N) is 1. The Labute approximate surface area is 134 Å². The first-order chi connectivity index (χ1) is 11.1. The van der Waals surface area contributed by atoms with Crippen LogP contribution in [-0.2, 0) is 13.8 Å². The molecular formula is C10H16N5O8P. The number of anilines is 1. The van der Waals surface area contributed by atoms with Crippen LogP contribution < -0.4 is 11.1 Å². The van der Waals surface area contributed by atoms with Crippen LogP contribution in [0.2, 0.25) is 0 Å². The van der Waals surface area contributed by atoms with Gasteiger partial charge in [-0.3, -0.25) is 14.7 Å². The molecule has 1 unspecified atom stereocenters. The lowest BCUT2D eigenvalue weighted by Gasteiger charge is -2.21. The van der Waals surface area contributed by atoms with Crippen molar-refractivity contribution in [3.05, 3.63) is 12.0 Å². The first-order valence-electron chi connectivity index (χ1n) is 6.51. The lowest BCUT2D eigenvalue weighted by molar-refractivity contribution is -0.0104. The summed E-state index contributed by atoms with van der Waals surface area (Å²) in [7, 11) is -5.02. The van der Waals surface area contributed by atoms with E-state index in [4.69, 9.17) is 30.8 Å². The third-order valence-corrected chi connectivity index (χ3v) is 3.64. The largest absolute Gasteiger partial charge is 0.470 e. The van der Waals surface area contributed by atoms with Gasteiger partial charge in [0.25, 0.3) is 5.91 Å². The third-order valence-electron chi connectivity index (χ3n) is 3.12. The standard InChI is InChI=1S/C10H16N5O8P/c11-4-1-13-9(14-4)10(18)15-8(12)7-6(23-24(19,20)21)5(17)3(2-16)22-7/h1,3,5-7,16-17H,2,11H2,(H,13,14)(H2,12,15,18)(H2,19,20,21)/t3-,5-,6-,7?/m1/s1. The molecule has 2 heterocycles. The smallest absolute Gasteiger partial charge is 0.394 e. The van der Waals surface area contributed by atoms with Crippen LogP contribution >= 0.6 is 7.82 Å². The van der Waals surface area contributed by atoms with Crippen molar-refractivity contribution in [2.75, 3.05) is 12.3 Å². The fourth-order valence-electron chi connectivity index (χ4n) is 2.10. The molecule has 4 atom stereocenters. The summed E-state index contributed by atoms with van der Waals surface area (Å²) in [6.45, 7) is -0.686. The fourth-order valence-corrected chi connectivity index (χ4v) is 2.65. The lowest BCUT2D eigenvalue weighted by Crippen LogP contribution is -2.45. The van der Waals surface area contributed by atoms with E-state index in [1.54, 1.807) is 0 Å². The molecule has 0 aliphatic carbocycles. The second-order valence-corrected chi connectivity index (χ2v) is 6.08. The van der Waals surface area contributed by atoms with E-state index in [0.717, 1.165) is 0 Å². The number of amides is 1. The van der Waals surface area contributed by atoms with Crippen LogP contribution in [0.3, 0.4) is 0 Å². The van der Waals surface area contributed by atoms with E-state index in [-0.39, 0.29) is 11.6 Å². The Morgan fingerprint density at radius 3 is 2.75 bits per heavy atom. The number of carbonyl (C=O) groups is 1. The molecule has 2 rings (SSSR count). The SMILES string of the molecule is N=C(NC(=O)c1ncc(N)[nH]1)C1O[C@H](CO)[C@@H](O)[C@H]1OP(=O)(O)O. The van der Waals surface area contributed by atoms with Gasteiger partial charge in [0, 0.05) is 0 Å². The van der Waals surface area contributed by atoms with Crippen molar-refractivity contribution in [2.45, 2.75) is 24.4 Å². The van der Waals surface area contributed by atoms with E-state index in [1.807, 2.05) is 0 Å². The summed E-state index contributed by atoms with van der Waals surface area (Å²) in [6, 6.07) is 0. The molecule has 13 nitrogen and oxygen atoms in total. The molecule has 1 aromatic heterocycles. The summed E-state index contributed by atoms with van der Waals surface area (Å²) < 4.78 is 20.5. The minimum absolute atomic E-state index is 0.113. The van der Waals surface area contributed by atoms with Crippen molar-refractivity contribution in [1.82, 2.24) is 15.3 Å². The molecule has 134 valence electrons. The Morgan fingerprint density at radius 2 is 2.25 bits per heavy atom. The number of imidazole rings is 1. The van der Waals surface area contributed by atoms with Gasteiger partial charge in [-0.05, 0) is 0 Å². The summed E-state index contributed by atoms with van der Waals surface area (Å²) in [6.07, 6.45) is -4.89. The van der Waals surface area contributed by atoms with Crippen molar-refractivity contribution in [3.63, 3.8) is 0 Å². The second-order valence-electron chi connectivity index (χ2n) is 4.88. The van der Waals surface area contributed by atoms with Gasteiger partial charge in [0.05, 0.1) is 12.8 Å². The summed E-state index contributed by atoms with van der Waals surface area (Å²) in [4.78, 5) is 35.7. The topological polar surface area (TPSA) is 224 Å².